The molecule has 0 spiro atoms. The number of nitrogens with one attached hydrogen (secondary N) is 1. The Bertz CT molecular complexity index is 464. The maximum absolute atomic E-state index is 11.9. The fourth-order valence-corrected chi connectivity index (χ4v) is 3.48. The van der Waals surface area contributed by atoms with E-state index < -0.39 is 7.82 Å². The number of phosphoric acid groups is 1. The normalized spacial score (nSPS) is 13.1. The summed E-state index contributed by atoms with van der Waals surface area (Å²) in [7, 11) is -4.49. The smallest absolute Gasteiger partial charge is 0.351 e. The molecule has 6 nitrogen and oxygen atoms in total. The fraction of sp³-hybridized carbons (Fsp3) is 0.864. The summed E-state index contributed by atoms with van der Waals surface area (Å²) in [5.74, 6) is -0.0798. The fourth-order valence-electron chi connectivity index (χ4n) is 3.10. The number of rotatable bonds is 20. The molecular weight excluding hydrogens is 389 g/mol. The van der Waals surface area contributed by atoms with Gasteiger partial charge in [0.05, 0.1) is 12.6 Å². The van der Waals surface area contributed by atoms with Crippen molar-refractivity contribution < 1.29 is 23.7 Å². The summed E-state index contributed by atoms with van der Waals surface area (Å²) in [5.41, 5.74) is 0. The van der Waals surface area contributed by atoms with Crippen LogP contribution in [0.5, 0.6) is 0 Å². The first-order valence-corrected chi connectivity index (χ1v) is 13.1. The van der Waals surface area contributed by atoms with Gasteiger partial charge in [0.1, 0.15) is 0 Å². The Morgan fingerprint density at radius 2 is 1.41 bits per heavy atom. The zero-order valence-corrected chi connectivity index (χ0v) is 19.5. The van der Waals surface area contributed by atoms with Crippen LogP contribution in [-0.2, 0) is 13.9 Å². The molecule has 0 fully saturated rings. The predicted molar refractivity (Wildman–Crippen MR) is 120 cm³/mol. The van der Waals surface area contributed by atoms with Crippen molar-refractivity contribution in [3.05, 3.63) is 12.2 Å². The van der Waals surface area contributed by atoms with Gasteiger partial charge < -0.3 is 15.1 Å². The summed E-state index contributed by atoms with van der Waals surface area (Å²) < 4.78 is 15.2. The summed E-state index contributed by atoms with van der Waals surface area (Å²) in [6, 6.07) is -0.363. The molecule has 0 aromatic carbocycles. The van der Waals surface area contributed by atoms with E-state index in [1.165, 1.54) is 57.8 Å². The zero-order valence-electron chi connectivity index (χ0n) is 18.6. The third-order valence-corrected chi connectivity index (χ3v) is 5.45. The van der Waals surface area contributed by atoms with Crippen LogP contribution in [0.1, 0.15) is 110 Å². The van der Waals surface area contributed by atoms with Crippen LogP contribution in [0.4, 0.5) is 0 Å². The molecule has 0 saturated carbocycles. The first-order chi connectivity index (χ1) is 13.9. The first kappa shape index (κ1) is 28.3. The van der Waals surface area contributed by atoms with Crippen LogP contribution in [-0.4, -0.2) is 28.3 Å². The van der Waals surface area contributed by atoms with Gasteiger partial charge in [-0.2, -0.15) is 0 Å². The molecule has 0 aliphatic carbocycles. The van der Waals surface area contributed by atoms with Crippen LogP contribution >= 0.6 is 7.82 Å². The number of allylic oxidation sites excluding steroid dienone is 2. The van der Waals surface area contributed by atoms with E-state index in [0.717, 1.165) is 25.7 Å². The van der Waals surface area contributed by atoms with Crippen molar-refractivity contribution in [1.82, 2.24) is 5.32 Å². The Kier molecular flexibility index (Phi) is 18.8. The summed E-state index contributed by atoms with van der Waals surface area (Å²) >= 11 is 0. The van der Waals surface area contributed by atoms with E-state index in [1.807, 2.05) is 6.92 Å². The topological polar surface area (TPSA) is 95.9 Å². The second kappa shape index (κ2) is 19.3. The summed E-state index contributed by atoms with van der Waals surface area (Å²) in [6.07, 6.45) is 21.5. The van der Waals surface area contributed by atoms with E-state index in [1.54, 1.807) is 0 Å². The minimum absolute atomic E-state index is 0.0798. The van der Waals surface area contributed by atoms with Crippen molar-refractivity contribution in [2.24, 2.45) is 0 Å². The Hall–Kier alpha value is -0.680. The number of hydrogen-bond donors (Lipinski definition) is 3. The first-order valence-electron chi connectivity index (χ1n) is 11.5. The number of unbranched alkanes of at least 4 members (excludes halogenated alkanes) is 11. The zero-order chi connectivity index (χ0) is 21.8. The van der Waals surface area contributed by atoms with Gasteiger partial charge in [-0.05, 0) is 38.5 Å². The second-order valence-corrected chi connectivity index (χ2v) is 9.03. The molecule has 29 heavy (non-hydrogen) atoms. The van der Waals surface area contributed by atoms with Gasteiger partial charge in [0.2, 0.25) is 5.91 Å². The van der Waals surface area contributed by atoms with Crippen molar-refractivity contribution in [2.75, 3.05) is 6.61 Å². The molecule has 1 amide bonds. The second-order valence-electron chi connectivity index (χ2n) is 7.79. The Labute approximate surface area is 178 Å². The van der Waals surface area contributed by atoms with Crippen molar-refractivity contribution in [3.63, 3.8) is 0 Å². The van der Waals surface area contributed by atoms with Gasteiger partial charge in [-0.3, -0.25) is 9.32 Å². The van der Waals surface area contributed by atoms with E-state index in [-0.39, 0.29) is 18.6 Å². The number of hydrogen-bond acceptors (Lipinski definition) is 3. The minimum atomic E-state index is -4.49. The lowest BCUT2D eigenvalue weighted by Gasteiger charge is -2.17. The van der Waals surface area contributed by atoms with E-state index in [9.17, 15) is 9.36 Å². The quantitative estimate of drug-likeness (QED) is 0.124. The van der Waals surface area contributed by atoms with Gasteiger partial charge in [-0.1, -0.05) is 77.4 Å². The molecule has 1 atom stereocenters. The monoisotopic (exact) mass is 433 g/mol. The molecule has 0 saturated heterocycles. The third kappa shape index (κ3) is 21.8. The maximum atomic E-state index is 11.9. The van der Waals surface area contributed by atoms with Gasteiger partial charge in [-0.25, -0.2) is 4.57 Å². The van der Waals surface area contributed by atoms with Crippen LogP contribution in [0.3, 0.4) is 0 Å². The average Bonchev–Trinajstić information content (AvgIpc) is 2.67. The Balaban J connectivity index is 3.49. The van der Waals surface area contributed by atoms with Crippen LogP contribution in [0.15, 0.2) is 12.2 Å². The molecule has 0 bridgehead atoms. The average molecular weight is 434 g/mol. The molecule has 0 unspecified atom stereocenters. The highest BCUT2D eigenvalue weighted by molar-refractivity contribution is 7.46. The van der Waals surface area contributed by atoms with Crippen LogP contribution in [0, 0.1) is 0 Å². The Morgan fingerprint density at radius 3 is 1.93 bits per heavy atom. The number of phosphoric ester groups is 1. The summed E-state index contributed by atoms with van der Waals surface area (Å²) in [5, 5.41) is 2.77. The number of amides is 1. The molecule has 0 aromatic rings. The highest BCUT2D eigenvalue weighted by atomic mass is 31.2. The molecule has 0 heterocycles. The molecule has 0 rings (SSSR count). The largest absolute Gasteiger partial charge is 0.469 e. The van der Waals surface area contributed by atoms with Gasteiger partial charge >= 0.3 is 7.82 Å². The highest BCUT2D eigenvalue weighted by Gasteiger charge is 2.18. The standard InChI is InChI=1S/C22H44NO5P/c1-3-5-6-7-8-9-10-11-12-13-14-15-16-17-18-19-22(24)23-21(4-2)20-28-29(25,26)27/h11-12,21H,3-10,13-20H2,1-2H3,(H,23,24)(H2,25,26,27)/t21-/m1/s1. The molecule has 0 radical (unpaired) electrons. The van der Waals surface area contributed by atoms with Gasteiger partial charge in [-0.15, -0.1) is 0 Å². The summed E-state index contributed by atoms with van der Waals surface area (Å²) in [4.78, 5) is 29.3. The molecule has 172 valence electrons. The van der Waals surface area contributed by atoms with Crippen LogP contribution in [0.2, 0.25) is 0 Å². The van der Waals surface area contributed by atoms with Crippen LogP contribution < -0.4 is 5.32 Å². The van der Waals surface area contributed by atoms with Gasteiger partial charge in [0.15, 0.2) is 0 Å². The lowest BCUT2D eigenvalue weighted by Crippen LogP contribution is -2.37. The van der Waals surface area contributed by atoms with Crippen molar-refractivity contribution in [3.8, 4) is 0 Å². The lowest BCUT2D eigenvalue weighted by molar-refractivity contribution is -0.122. The SMILES string of the molecule is CCCCCCCCC=CCCCCCCCC(=O)N[C@H](CC)COP(=O)(O)O. The molecule has 0 aromatic heterocycles. The molecule has 0 aliphatic rings. The van der Waals surface area contributed by atoms with E-state index in [2.05, 4.69) is 28.9 Å². The van der Waals surface area contributed by atoms with Crippen LogP contribution in [0.25, 0.3) is 0 Å². The number of carbonyl (C=O) groups excluding carboxylic acids is 1. The molecule has 3 N–H and O–H groups in total. The Morgan fingerprint density at radius 1 is 0.897 bits per heavy atom. The van der Waals surface area contributed by atoms with Crippen molar-refractivity contribution >= 4 is 13.7 Å². The molecular formula is C22H44NO5P. The van der Waals surface area contributed by atoms with Crippen molar-refractivity contribution in [1.29, 1.82) is 0 Å². The lowest BCUT2D eigenvalue weighted by atomic mass is 10.1. The predicted octanol–water partition coefficient (Wildman–Crippen LogP) is 6.03. The minimum Gasteiger partial charge on any atom is -0.351 e. The number of carbonyl (C=O) groups is 1. The summed E-state index contributed by atoms with van der Waals surface area (Å²) in [6.45, 7) is 3.92. The van der Waals surface area contributed by atoms with E-state index >= 15 is 0 Å². The molecule has 0 aliphatic heterocycles. The van der Waals surface area contributed by atoms with Gasteiger partial charge in [0, 0.05) is 6.42 Å². The third-order valence-electron chi connectivity index (χ3n) is 4.97. The van der Waals surface area contributed by atoms with E-state index in [0.29, 0.717) is 12.8 Å². The van der Waals surface area contributed by atoms with E-state index in [4.69, 9.17) is 9.79 Å². The molecule has 7 heteroatoms. The van der Waals surface area contributed by atoms with Crippen molar-refractivity contribution in [2.45, 2.75) is 116 Å². The van der Waals surface area contributed by atoms with Gasteiger partial charge in [0.25, 0.3) is 0 Å². The highest BCUT2D eigenvalue weighted by Crippen LogP contribution is 2.35. The maximum Gasteiger partial charge on any atom is 0.469 e.